The third kappa shape index (κ3) is 2.56. The van der Waals surface area contributed by atoms with E-state index in [0.29, 0.717) is 16.8 Å². The lowest BCUT2D eigenvalue weighted by Crippen LogP contribution is -2.07. The van der Waals surface area contributed by atoms with E-state index in [1.54, 1.807) is 30.3 Å². The number of benzene rings is 2. The quantitative estimate of drug-likeness (QED) is 0.594. The molecular weight excluding hydrogens is 282 g/mol. The number of hydrogen-bond acceptors (Lipinski definition) is 5. The van der Waals surface area contributed by atoms with Crippen molar-refractivity contribution in [3.05, 3.63) is 64.5 Å². The first kappa shape index (κ1) is 13.9. The summed E-state index contributed by atoms with van der Waals surface area (Å²) in [4.78, 5) is 16.2. The highest BCUT2D eigenvalue weighted by Gasteiger charge is 2.12. The molecule has 22 heavy (non-hydrogen) atoms. The van der Waals surface area contributed by atoms with E-state index in [-0.39, 0.29) is 16.9 Å². The van der Waals surface area contributed by atoms with Gasteiger partial charge >= 0.3 is 5.63 Å². The van der Waals surface area contributed by atoms with Gasteiger partial charge in [-0.15, -0.1) is 0 Å². The van der Waals surface area contributed by atoms with Gasteiger partial charge in [-0.1, -0.05) is 18.2 Å². The molecule has 0 amide bonds. The molecule has 110 valence electrons. The fraction of sp³-hybridized carbons (Fsp3) is 0.0588. The molecule has 0 aliphatic heterocycles. The molecule has 3 rings (SSSR count). The topological polar surface area (TPSA) is 72.0 Å². The Kier molecular flexibility index (Phi) is 3.62. The van der Waals surface area contributed by atoms with Crippen LogP contribution >= 0.6 is 0 Å². The Morgan fingerprint density at radius 2 is 1.95 bits per heavy atom. The van der Waals surface area contributed by atoms with E-state index in [1.165, 1.54) is 13.3 Å². The van der Waals surface area contributed by atoms with Gasteiger partial charge in [0.15, 0.2) is 0 Å². The van der Waals surface area contributed by atoms with Crippen molar-refractivity contribution >= 4 is 22.9 Å². The van der Waals surface area contributed by atoms with Gasteiger partial charge in [0.2, 0.25) is 0 Å². The van der Waals surface area contributed by atoms with Crippen LogP contribution in [0.1, 0.15) is 5.56 Å². The highest BCUT2D eigenvalue weighted by atomic mass is 16.5. The van der Waals surface area contributed by atoms with E-state index < -0.39 is 5.63 Å². The summed E-state index contributed by atoms with van der Waals surface area (Å²) in [6, 6.07) is 14.0. The summed E-state index contributed by atoms with van der Waals surface area (Å²) in [6.45, 7) is 0. The number of fused-ring (bicyclic) bond motifs is 1. The molecular formula is C17H13NO4. The van der Waals surface area contributed by atoms with Crippen molar-refractivity contribution in [3.8, 4) is 11.5 Å². The maximum absolute atomic E-state index is 12.0. The minimum absolute atomic E-state index is 0.0153. The molecule has 0 unspecified atom stereocenters. The van der Waals surface area contributed by atoms with Crippen LogP contribution in [0.15, 0.2) is 62.7 Å². The van der Waals surface area contributed by atoms with Crippen molar-refractivity contribution in [2.24, 2.45) is 4.99 Å². The smallest absolute Gasteiger partial charge is 0.348 e. The summed E-state index contributed by atoms with van der Waals surface area (Å²) >= 11 is 0. The van der Waals surface area contributed by atoms with Gasteiger partial charge in [-0.25, -0.2) is 4.79 Å². The largest absolute Gasteiger partial charge is 0.506 e. The van der Waals surface area contributed by atoms with Crippen molar-refractivity contribution in [1.29, 1.82) is 0 Å². The number of nitrogens with zero attached hydrogens (tertiary/aromatic N) is 1. The molecule has 5 nitrogen and oxygen atoms in total. The van der Waals surface area contributed by atoms with Gasteiger partial charge in [0, 0.05) is 12.3 Å². The zero-order valence-corrected chi connectivity index (χ0v) is 11.8. The lowest BCUT2D eigenvalue weighted by atomic mass is 10.1. The second kappa shape index (κ2) is 5.73. The molecule has 0 radical (unpaired) electrons. The Hall–Kier alpha value is -3.08. The lowest BCUT2D eigenvalue weighted by molar-refractivity contribution is 0.413. The minimum Gasteiger partial charge on any atom is -0.506 e. The molecule has 2 aromatic carbocycles. The molecule has 0 saturated heterocycles. The minimum atomic E-state index is -0.655. The maximum Gasteiger partial charge on any atom is 0.348 e. The van der Waals surface area contributed by atoms with Crippen LogP contribution in [-0.2, 0) is 0 Å². The van der Waals surface area contributed by atoms with Crippen molar-refractivity contribution in [3.63, 3.8) is 0 Å². The Morgan fingerprint density at radius 3 is 2.68 bits per heavy atom. The fourth-order valence-corrected chi connectivity index (χ4v) is 2.07. The van der Waals surface area contributed by atoms with E-state index in [4.69, 9.17) is 9.15 Å². The Labute approximate surface area is 126 Å². The highest BCUT2D eigenvalue weighted by Crippen LogP contribution is 2.28. The summed E-state index contributed by atoms with van der Waals surface area (Å²) in [6.07, 6.45) is 1.31. The number of aromatic hydroxyl groups is 1. The Morgan fingerprint density at radius 1 is 1.18 bits per heavy atom. The van der Waals surface area contributed by atoms with E-state index in [0.717, 1.165) is 0 Å². The predicted molar refractivity (Wildman–Crippen MR) is 84.4 cm³/mol. The van der Waals surface area contributed by atoms with Crippen LogP contribution in [0, 0.1) is 0 Å². The van der Waals surface area contributed by atoms with Gasteiger partial charge in [0.25, 0.3) is 0 Å². The highest BCUT2D eigenvalue weighted by molar-refractivity contribution is 5.94. The number of ether oxygens (including phenoxy) is 1. The summed E-state index contributed by atoms with van der Waals surface area (Å²) < 4.78 is 10.3. The van der Waals surface area contributed by atoms with Gasteiger partial charge in [-0.3, -0.25) is 4.99 Å². The molecule has 3 aromatic rings. The Balaban J connectivity index is 2.11. The number of para-hydroxylation sites is 1. The van der Waals surface area contributed by atoms with Crippen LogP contribution in [0.3, 0.4) is 0 Å². The SMILES string of the molecule is COc1ccc2c(O)c(C=Nc3ccccc3)c(=O)oc2c1. The van der Waals surface area contributed by atoms with Crippen molar-refractivity contribution in [1.82, 2.24) is 0 Å². The molecule has 1 aromatic heterocycles. The Bertz CT molecular complexity index is 898. The third-order valence-corrected chi connectivity index (χ3v) is 3.22. The van der Waals surface area contributed by atoms with Crippen LogP contribution in [-0.4, -0.2) is 18.4 Å². The number of hydrogen-bond donors (Lipinski definition) is 1. The molecule has 0 fully saturated rings. The standard InChI is InChI=1S/C17H13NO4/c1-21-12-7-8-13-15(9-12)22-17(20)14(16(13)19)10-18-11-5-3-2-4-6-11/h2-10,19H,1H3. The van der Waals surface area contributed by atoms with Gasteiger partial charge in [0.05, 0.1) is 18.2 Å². The van der Waals surface area contributed by atoms with E-state index in [2.05, 4.69) is 4.99 Å². The first-order valence-corrected chi connectivity index (χ1v) is 6.62. The van der Waals surface area contributed by atoms with E-state index >= 15 is 0 Å². The summed E-state index contributed by atoms with van der Waals surface area (Å²) in [5.74, 6) is 0.384. The first-order chi connectivity index (χ1) is 10.7. The second-order valence-corrected chi connectivity index (χ2v) is 4.61. The van der Waals surface area contributed by atoms with Gasteiger partial charge in [-0.05, 0) is 24.3 Å². The van der Waals surface area contributed by atoms with Crippen LogP contribution in [0.2, 0.25) is 0 Å². The van der Waals surface area contributed by atoms with Crippen molar-refractivity contribution in [2.45, 2.75) is 0 Å². The summed E-state index contributed by atoms with van der Waals surface area (Å²) in [7, 11) is 1.51. The first-order valence-electron chi connectivity index (χ1n) is 6.62. The second-order valence-electron chi connectivity index (χ2n) is 4.61. The van der Waals surface area contributed by atoms with Crippen LogP contribution in [0.5, 0.6) is 11.5 Å². The summed E-state index contributed by atoms with van der Waals surface area (Å²) in [5, 5.41) is 10.7. The van der Waals surface area contributed by atoms with Gasteiger partial charge < -0.3 is 14.3 Å². The zero-order chi connectivity index (χ0) is 15.5. The van der Waals surface area contributed by atoms with E-state index in [1.807, 2.05) is 18.2 Å². The zero-order valence-electron chi connectivity index (χ0n) is 11.8. The molecule has 0 spiro atoms. The molecule has 0 bridgehead atoms. The van der Waals surface area contributed by atoms with Crippen LogP contribution < -0.4 is 10.4 Å². The number of aliphatic imine (C=N–C) groups is 1. The molecule has 0 aliphatic carbocycles. The average molecular weight is 295 g/mol. The lowest BCUT2D eigenvalue weighted by Gasteiger charge is -2.05. The third-order valence-electron chi connectivity index (χ3n) is 3.22. The van der Waals surface area contributed by atoms with Gasteiger partial charge in [0.1, 0.15) is 22.6 Å². The molecule has 1 heterocycles. The molecule has 1 N–H and O–H groups in total. The van der Waals surface area contributed by atoms with Crippen molar-refractivity contribution < 1.29 is 14.3 Å². The molecule has 0 saturated carbocycles. The summed E-state index contributed by atoms with van der Waals surface area (Å²) in [5.41, 5.74) is 0.300. The van der Waals surface area contributed by atoms with E-state index in [9.17, 15) is 9.90 Å². The number of methoxy groups -OCH3 is 1. The van der Waals surface area contributed by atoms with Crippen LogP contribution in [0.25, 0.3) is 11.0 Å². The molecule has 0 atom stereocenters. The predicted octanol–water partition coefficient (Wildman–Crippen LogP) is 3.26. The molecule has 0 aliphatic rings. The average Bonchev–Trinajstić information content (AvgIpc) is 2.55. The van der Waals surface area contributed by atoms with Gasteiger partial charge in [-0.2, -0.15) is 0 Å². The maximum atomic E-state index is 12.0. The van der Waals surface area contributed by atoms with Crippen molar-refractivity contribution in [2.75, 3.05) is 7.11 Å². The number of rotatable bonds is 3. The normalized spacial score (nSPS) is 11.1. The van der Waals surface area contributed by atoms with Crippen LogP contribution in [0.4, 0.5) is 5.69 Å². The fourth-order valence-electron chi connectivity index (χ4n) is 2.07. The molecule has 5 heteroatoms. The monoisotopic (exact) mass is 295 g/mol.